The van der Waals surface area contributed by atoms with Crippen LogP contribution in [0, 0.1) is 5.41 Å². The van der Waals surface area contributed by atoms with Gasteiger partial charge in [0, 0.05) is 31.2 Å². The van der Waals surface area contributed by atoms with Crippen molar-refractivity contribution >= 4 is 23.2 Å². The van der Waals surface area contributed by atoms with E-state index in [-0.39, 0.29) is 11.8 Å². The summed E-state index contributed by atoms with van der Waals surface area (Å²) < 4.78 is 1.56. The van der Waals surface area contributed by atoms with Gasteiger partial charge in [-0.3, -0.25) is 14.3 Å². The number of primary amides is 1. The number of nitrogens with zero attached hydrogens (tertiary/aromatic N) is 3. The molecule has 0 spiro atoms. The first-order valence-corrected chi connectivity index (χ1v) is 10.6. The van der Waals surface area contributed by atoms with Crippen LogP contribution in [0.3, 0.4) is 0 Å². The lowest BCUT2D eigenvalue weighted by atomic mass is 9.73. The standard InChI is InChI=1S/C22H24N4O2S/c1-25-18(9-11-24-25)20(27)26-12-5-10-22(15-26,21(23)28)14-16-6-2-3-7-17(16)19-8-4-13-29-19/h2-4,6-9,11,13H,5,10,12,14-15H2,1H3,(H2,23,28)/t22-/m0/s1. The molecule has 29 heavy (non-hydrogen) atoms. The summed E-state index contributed by atoms with van der Waals surface area (Å²) in [6.07, 6.45) is 3.55. The minimum atomic E-state index is -0.778. The third kappa shape index (κ3) is 3.70. The summed E-state index contributed by atoms with van der Waals surface area (Å²) in [6, 6.07) is 13.9. The lowest BCUT2D eigenvalue weighted by Crippen LogP contribution is -2.53. The smallest absolute Gasteiger partial charge is 0.272 e. The number of carbonyl (C=O) groups is 2. The fraction of sp³-hybridized carbons (Fsp3) is 0.318. The van der Waals surface area contributed by atoms with Crippen LogP contribution in [0.2, 0.25) is 0 Å². The van der Waals surface area contributed by atoms with Gasteiger partial charge in [0.2, 0.25) is 5.91 Å². The molecule has 0 radical (unpaired) electrons. The number of benzene rings is 1. The van der Waals surface area contributed by atoms with Crippen molar-refractivity contribution in [2.24, 2.45) is 18.2 Å². The predicted molar refractivity (Wildman–Crippen MR) is 113 cm³/mol. The number of hydrogen-bond donors (Lipinski definition) is 1. The molecule has 3 heterocycles. The molecule has 150 valence electrons. The molecule has 6 nitrogen and oxygen atoms in total. The summed E-state index contributed by atoms with van der Waals surface area (Å²) in [4.78, 5) is 28.6. The van der Waals surface area contributed by atoms with Crippen LogP contribution in [0.1, 0.15) is 28.9 Å². The molecule has 4 rings (SSSR count). The quantitative estimate of drug-likeness (QED) is 0.704. The zero-order chi connectivity index (χ0) is 20.4. The molecule has 3 aromatic rings. The second-order valence-electron chi connectivity index (χ2n) is 7.63. The van der Waals surface area contributed by atoms with E-state index in [1.807, 2.05) is 23.6 Å². The highest BCUT2D eigenvalue weighted by Gasteiger charge is 2.43. The average molecular weight is 409 g/mol. The molecular formula is C22H24N4O2S. The Morgan fingerprint density at radius 2 is 2.03 bits per heavy atom. The van der Waals surface area contributed by atoms with Crippen molar-refractivity contribution < 1.29 is 9.59 Å². The number of aryl methyl sites for hydroxylation is 1. The third-order valence-corrected chi connectivity index (χ3v) is 6.66. The number of carbonyl (C=O) groups excluding carboxylic acids is 2. The Morgan fingerprint density at radius 3 is 2.72 bits per heavy atom. The van der Waals surface area contributed by atoms with E-state index in [0.717, 1.165) is 17.5 Å². The van der Waals surface area contributed by atoms with Gasteiger partial charge < -0.3 is 10.6 Å². The summed E-state index contributed by atoms with van der Waals surface area (Å²) in [5, 5.41) is 6.14. The van der Waals surface area contributed by atoms with E-state index < -0.39 is 5.41 Å². The van der Waals surface area contributed by atoms with Crippen LogP contribution in [-0.4, -0.2) is 39.6 Å². The van der Waals surface area contributed by atoms with E-state index in [2.05, 4.69) is 23.3 Å². The Balaban J connectivity index is 1.65. The van der Waals surface area contributed by atoms with Gasteiger partial charge in [0.05, 0.1) is 5.41 Å². The number of likely N-dealkylation sites (tertiary alicyclic amines) is 1. The summed E-state index contributed by atoms with van der Waals surface area (Å²) in [5.41, 5.74) is 7.89. The monoisotopic (exact) mass is 408 g/mol. The van der Waals surface area contributed by atoms with Crippen molar-refractivity contribution in [2.45, 2.75) is 19.3 Å². The van der Waals surface area contributed by atoms with Gasteiger partial charge in [-0.1, -0.05) is 30.3 Å². The van der Waals surface area contributed by atoms with E-state index in [1.165, 1.54) is 4.88 Å². The van der Waals surface area contributed by atoms with Gasteiger partial charge in [0.15, 0.2) is 0 Å². The number of nitrogens with two attached hydrogens (primary N) is 1. The van der Waals surface area contributed by atoms with Gasteiger partial charge in [0.1, 0.15) is 5.69 Å². The molecule has 1 atom stereocenters. The highest BCUT2D eigenvalue weighted by atomic mass is 32.1. The van der Waals surface area contributed by atoms with Gasteiger partial charge in [-0.2, -0.15) is 5.10 Å². The number of amides is 2. The molecule has 1 aliphatic heterocycles. The minimum Gasteiger partial charge on any atom is -0.369 e. The fourth-order valence-electron chi connectivity index (χ4n) is 4.19. The molecule has 2 N–H and O–H groups in total. The van der Waals surface area contributed by atoms with Crippen molar-refractivity contribution in [1.29, 1.82) is 0 Å². The second kappa shape index (κ2) is 7.83. The highest BCUT2D eigenvalue weighted by Crippen LogP contribution is 2.38. The maximum Gasteiger partial charge on any atom is 0.272 e. The third-order valence-electron chi connectivity index (χ3n) is 5.76. The van der Waals surface area contributed by atoms with E-state index in [0.29, 0.717) is 31.6 Å². The first-order valence-electron chi connectivity index (χ1n) is 9.69. The summed E-state index contributed by atoms with van der Waals surface area (Å²) in [5.74, 6) is -0.456. The maximum atomic E-state index is 13.0. The molecule has 1 saturated heterocycles. The molecule has 0 aliphatic carbocycles. The van der Waals surface area contributed by atoms with E-state index in [1.54, 1.807) is 40.2 Å². The molecule has 0 saturated carbocycles. The van der Waals surface area contributed by atoms with Crippen LogP contribution in [0.5, 0.6) is 0 Å². The predicted octanol–water partition coefficient (Wildman–Crippen LogP) is 3.10. The molecule has 1 fully saturated rings. The van der Waals surface area contributed by atoms with Crippen LogP contribution < -0.4 is 5.73 Å². The zero-order valence-electron chi connectivity index (χ0n) is 16.4. The molecule has 0 unspecified atom stereocenters. The number of piperidine rings is 1. The van der Waals surface area contributed by atoms with E-state index in [9.17, 15) is 9.59 Å². The topological polar surface area (TPSA) is 81.2 Å². The molecule has 7 heteroatoms. The highest BCUT2D eigenvalue weighted by molar-refractivity contribution is 7.13. The first kappa shape index (κ1) is 19.4. The van der Waals surface area contributed by atoms with Gasteiger partial charge in [-0.15, -0.1) is 11.3 Å². The van der Waals surface area contributed by atoms with Gasteiger partial charge in [-0.05, 0) is 47.9 Å². The molecule has 2 amide bonds. The van der Waals surface area contributed by atoms with E-state index in [4.69, 9.17) is 5.73 Å². The maximum absolute atomic E-state index is 13.0. The average Bonchev–Trinajstić information content (AvgIpc) is 3.40. The largest absolute Gasteiger partial charge is 0.369 e. The molecule has 2 aromatic heterocycles. The number of thiophene rings is 1. The number of hydrogen-bond acceptors (Lipinski definition) is 4. The van der Waals surface area contributed by atoms with Crippen molar-refractivity contribution in [3.05, 3.63) is 65.3 Å². The summed E-state index contributed by atoms with van der Waals surface area (Å²) >= 11 is 1.67. The normalized spacial score (nSPS) is 19.3. The molecule has 0 bridgehead atoms. The Hall–Kier alpha value is -2.93. The van der Waals surface area contributed by atoms with Crippen molar-refractivity contribution in [3.8, 4) is 10.4 Å². The Morgan fingerprint density at radius 1 is 1.21 bits per heavy atom. The van der Waals surface area contributed by atoms with Gasteiger partial charge in [0.25, 0.3) is 5.91 Å². The fourth-order valence-corrected chi connectivity index (χ4v) is 4.98. The Kier molecular flexibility index (Phi) is 5.24. The van der Waals surface area contributed by atoms with Crippen molar-refractivity contribution in [3.63, 3.8) is 0 Å². The molecule has 1 aliphatic rings. The van der Waals surface area contributed by atoms with Gasteiger partial charge in [-0.25, -0.2) is 0 Å². The van der Waals surface area contributed by atoms with Gasteiger partial charge >= 0.3 is 0 Å². The van der Waals surface area contributed by atoms with Crippen LogP contribution in [0.25, 0.3) is 10.4 Å². The van der Waals surface area contributed by atoms with Crippen LogP contribution >= 0.6 is 11.3 Å². The van der Waals surface area contributed by atoms with Crippen molar-refractivity contribution in [1.82, 2.24) is 14.7 Å². The number of aromatic nitrogens is 2. The SMILES string of the molecule is Cn1nccc1C(=O)N1CCC[C@@](Cc2ccccc2-c2cccs2)(C(N)=O)C1. The lowest BCUT2D eigenvalue weighted by Gasteiger charge is -2.41. The molecule has 1 aromatic carbocycles. The van der Waals surface area contributed by atoms with Crippen LogP contribution in [0.15, 0.2) is 54.0 Å². The van der Waals surface area contributed by atoms with Crippen molar-refractivity contribution in [2.75, 3.05) is 13.1 Å². The van der Waals surface area contributed by atoms with E-state index >= 15 is 0 Å². The molecular weight excluding hydrogens is 384 g/mol. The summed E-state index contributed by atoms with van der Waals surface area (Å²) in [7, 11) is 1.75. The zero-order valence-corrected chi connectivity index (χ0v) is 17.2. The van der Waals surface area contributed by atoms with Crippen LogP contribution in [0.4, 0.5) is 0 Å². The Bertz CT molecular complexity index is 1030. The minimum absolute atomic E-state index is 0.109. The second-order valence-corrected chi connectivity index (χ2v) is 8.57. The number of rotatable bonds is 5. The Labute approximate surface area is 173 Å². The first-order chi connectivity index (χ1) is 14.0. The lowest BCUT2D eigenvalue weighted by molar-refractivity contribution is -0.130. The van der Waals surface area contributed by atoms with Crippen LogP contribution in [-0.2, 0) is 18.3 Å². The summed E-state index contributed by atoms with van der Waals surface area (Å²) in [6.45, 7) is 0.941.